The summed E-state index contributed by atoms with van der Waals surface area (Å²) in [4.78, 5) is 40.8. The normalized spacial score (nSPS) is 18.3. The summed E-state index contributed by atoms with van der Waals surface area (Å²) >= 11 is 0. The first-order valence-corrected chi connectivity index (χ1v) is 12.3. The molecule has 35 heavy (non-hydrogen) atoms. The Hall–Kier alpha value is -3.23. The summed E-state index contributed by atoms with van der Waals surface area (Å²) in [6.45, 7) is 5.56. The largest absolute Gasteiger partial charge is 0.385 e. The zero-order chi connectivity index (χ0) is 24.4. The first-order valence-electron chi connectivity index (χ1n) is 12.3. The quantitative estimate of drug-likeness (QED) is 0.397. The summed E-state index contributed by atoms with van der Waals surface area (Å²) < 4.78 is 5.23. The molecular formula is C27H33N5O3. The van der Waals surface area contributed by atoms with Crippen LogP contribution in [0.15, 0.2) is 48.7 Å². The van der Waals surface area contributed by atoms with Crippen molar-refractivity contribution in [1.82, 2.24) is 24.7 Å². The maximum Gasteiger partial charge on any atom is 0.327 e. The van der Waals surface area contributed by atoms with Gasteiger partial charge in [0.2, 0.25) is 0 Å². The Morgan fingerprint density at radius 3 is 2.54 bits per heavy atom. The van der Waals surface area contributed by atoms with E-state index < -0.39 is 5.54 Å². The molecule has 0 saturated carbocycles. The van der Waals surface area contributed by atoms with E-state index in [2.05, 4.69) is 39.1 Å². The van der Waals surface area contributed by atoms with Gasteiger partial charge >= 0.3 is 6.03 Å². The average molecular weight is 476 g/mol. The fourth-order valence-electron chi connectivity index (χ4n) is 5.44. The van der Waals surface area contributed by atoms with Crippen molar-refractivity contribution in [3.63, 3.8) is 0 Å². The smallest absolute Gasteiger partial charge is 0.327 e. The number of imidazole rings is 1. The van der Waals surface area contributed by atoms with Crippen LogP contribution in [0.5, 0.6) is 0 Å². The number of hydrogen-bond acceptors (Lipinski definition) is 5. The summed E-state index contributed by atoms with van der Waals surface area (Å²) in [5, 5.41) is 2.25. The third kappa shape index (κ3) is 4.56. The average Bonchev–Trinajstić information content (AvgIpc) is 3.36. The summed E-state index contributed by atoms with van der Waals surface area (Å²) in [6, 6.07) is 14.1. The van der Waals surface area contributed by atoms with Crippen LogP contribution in [0.3, 0.4) is 0 Å². The molecule has 3 aromatic rings. The Bertz CT molecular complexity index is 1210. The Kier molecular flexibility index (Phi) is 6.58. The number of methoxy groups -OCH3 is 1. The fraction of sp³-hybridized carbons (Fsp3) is 0.444. The standard InChI is InChI=1S/C27H33N5O3/c1-20-17-28-24(29-20)19-30-13-10-27(11-14-30)25(33)31(26(34)32(27)12-5-15-35-2)18-21-8-9-22-6-3-4-7-23(22)16-21/h3-4,6-9,16-17H,5,10-15,18-19H2,1-2H3,(H,28,29). The number of likely N-dealkylation sites (tertiary alicyclic amines) is 1. The van der Waals surface area contributed by atoms with Crippen molar-refractivity contribution in [1.29, 1.82) is 0 Å². The summed E-state index contributed by atoms with van der Waals surface area (Å²) in [5.41, 5.74) is 1.22. The monoisotopic (exact) mass is 475 g/mol. The predicted molar refractivity (Wildman–Crippen MR) is 134 cm³/mol. The van der Waals surface area contributed by atoms with Gasteiger partial charge < -0.3 is 14.6 Å². The molecular weight excluding hydrogens is 442 g/mol. The maximum absolute atomic E-state index is 13.9. The highest BCUT2D eigenvalue weighted by atomic mass is 16.5. The summed E-state index contributed by atoms with van der Waals surface area (Å²) in [6.07, 6.45) is 3.79. The highest BCUT2D eigenvalue weighted by Gasteiger charge is 2.57. The van der Waals surface area contributed by atoms with Crippen molar-refractivity contribution in [2.75, 3.05) is 33.4 Å². The number of hydrogen-bond donors (Lipinski definition) is 1. The number of nitrogens with one attached hydrogen (secondary N) is 1. The Morgan fingerprint density at radius 1 is 1.06 bits per heavy atom. The summed E-state index contributed by atoms with van der Waals surface area (Å²) in [7, 11) is 1.66. The molecule has 1 spiro atoms. The van der Waals surface area contributed by atoms with Crippen molar-refractivity contribution >= 4 is 22.7 Å². The first kappa shape index (κ1) is 23.5. The molecule has 5 rings (SSSR count). The molecule has 0 aliphatic carbocycles. The number of urea groups is 1. The van der Waals surface area contributed by atoms with E-state index in [0.717, 1.165) is 47.5 Å². The molecule has 0 unspecified atom stereocenters. The number of ether oxygens (including phenoxy) is 1. The number of carbonyl (C=O) groups excluding carboxylic acids is 2. The van der Waals surface area contributed by atoms with Gasteiger partial charge in [0.25, 0.3) is 5.91 Å². The van der Waals surface area contributed by atoms with Crippen LogP contribution in [0, 0.1) is 6.92 Å². The lowest BCUT2D eigenvalue weighted by Crippen LogP contribution is -2.56. The minimum atomic E-state index is -0.781. The van der Waals surface area contributed by atoms with E-state index in [-0.39, 0.29) is 11.9 Å². The van der Waals surface area contributed by atoms with Gasteiger partial charge in [0.15, 0.2) is 0 Å². The van der Waals surface area contributed by atoms with Gasteiger partial charge in [-0.15, -0.1) is 0 Å². The second-order valence-electron chi connectivity index (χ2n) is 9.67. The zero-order valence-electron chi connectivity index (χ0n) is 20.5. The number of H-pyrrole nitrogens is 1. The zero-order valence-corrected chi connectivity index (χ0v) is 20.5. The van der Waals surface area contributed by atoms with Crippen LogP contribution < -0.4 is 0 Å². The molecule has 0 atom stereocenters. The molecule has 1 aromatic heterocycles. The van der Waals surface area contributed by atoms with E-state index in [1.807, 2.05) is 36.2 Å². The van der Waals surface area contributed by atoms with E-state index in [1.54, 1.807) is 7.11 Å². The number of amides is 3. The predicted octanol–water partition coefficient (Wildman–Crippen LogP) is 3.71. The number of benzene rings is 2. The molecule has 2 aliphatic heterocycles. The van der Waals surface area contributed by atoms with E-state index in [4.69, 9.17) is 4.74 Å². The molecule has 1 N–H and O–H groups in total. The molecule has 0 radical (unpaired) electrons. The number of rotatable bonds is 8. The maximum atomic E-state index is 13.9. The van der Waals surface area contributed by atoms with Crippen molar-refractivity contribution in [3.8, 4) is 0 Å². The molecule has 3 amide bonds. The topological polar surface area (TPSA) is 81.8 Å². The second kappa shape index (κ2) is 9.79. The van der Waals surface area contributed by atoms with E-state index in [1.165, 1.54) is 4.90 Å². The molecule has 184 valence electrons. The highest BCUT2D eigenvalue weighted by Crippen LogP contribution is 2.38. The van der Waals surface area contributed by atoms with Gasteiger partial charge in [-0.3, -0.25) is 14.6 Å². The minimum absolute atomic E-state index is 0.0680. The van der Waals surface area contributed by atoms with Crippen LogP contribution in [0.4, 0.5) is 4.79 Å². The van der Waals surface area contributed by atoms with Crippen LogP contribution in [-0.2, 0) is 22.6 Å². The van der Waals surface area contributed by atoms with Crippen LogP contribution >= 0.6 is 0 Å². The van der Waals surface area contributed by atoms with Crippen LogP contribution in [0.25, 0.3) is 10.8 Å². The van der Waals surface area contributed by atoms with Crippen molar-refractivity contribution in [3.05, 3.63) is 65.7 Å². The third-order valence-electron chi connectivity index (χ3n) is 7.32. The van der Waals surface area contributed by atoms with Crippen molar-refractivity contribution < 1.29 is 14.3 Å². The Balaban J connectivity index is 1.35. The van der Waals surface area contributed by atoms with E-state index >= 15 is 0 Å². The van der Waals surface area contributed by atoms with Crippen LogP contribution in [-0.4, -0.2) is 75.5 Å². The number of aromatic amines is 1. The van der Waals surface area contributed by atoms with Gasteiger partial charge in [-0.1, -0.05) is 36.4 Å². The number of aryl methyl sites for hydroxylation is 1. The number of fused-ring (bicyclic) bond motifs is 1. The number of nitrogens with zero attached hydrogens (tertiary/aromatic N) is 4. The second-order valence-corrected chi connectivity index (χ2v) is 9.67. The number of imide groups is 1. The van der Waals surface area contributed by atoms with Gasteiger partial charge in [-0.25, -0.2) is 9.78 Å². The molecule has 2 aromatic carbocycles. The van der Waals surface area contributed by atoms with Gasteiger partial charge in [-0.05, 0) is 48.6 Å². The lowest BCUT2D eigenvalue weighted by Gasteiger charge is -2.42. The van der Waals surface area contributed by atoms with Gasteiger partial charge in [0, 0.05) is 45.2 Å². The number of piperidine rings is 1. The van der Waals surface area contributed by atoms with E-state index in [9.17, 15) is 9.59 Å². The lowest BCUT2D eigenvalue weighted by atomic mass is 9.85. The SMILES string of the molecule is COCCCN1C(=O)N(Cc2ccc3ccccc3c2)C(=O)C12CCN(Cc1ncc(C)[nH]1)CC2. The third-order valence-corrected chi connectivity index (χ3v) is 7.32. The van der Waals surface area contributed by atoms with Crippen molar-refractivity contribution in [2.45, 2.75) is 44.8 Å². The molecule has 3 heterocycles. The van der Waals surface area contributed by atoms with Gasteiger partial charge in [0.1, 0.15) is 11.4 Å². The highest BCUT2D eigenvalue weighted by molar-refractivity contribution is 6.07. The molecule has 0 bridgehead atoms. The first-order chi connectivity index (χ1) is 17.0. The van der Waals surface area contributed by atoms with Crippen LogP contribution in [0.2, 0.25) is 0 Å². The molecule has 2 aliphatic rings. The molecule has 2 saturated heterocycles. The van der Waals surface area contributed by atoms with Crippen molar-refractivity contribution in [2.24, 2.45) is 0 Å². The number of aromatic nitrogens is 2. The Labute approximate surface area is 205 Å². The Morgan fingerprint density at radius 2 is 1.83 bits per heavy atom. The van der Waals surface area contributed by atoms with Crippen LogP contribution in [0.1, 0.15) is 36.3 Å². The lowest BCUT2D eigenvalue weighted by molar-refractivity contribution is -0.136. The molecule has 8 nitrogen and oxygen atoms in total. The molecule has 2 fully saturated rings. The summed E-state index contributed by atoms with van der Waals surface area (Å²) in [5.74, 6) is 0.865. The van der Waals surface area contributed by atoms with E-state index in [0.29, 0.717) is 39.0 Å². The van der Waals surface area contributed by atoms with Gasteiger partial charge in [-0.2, -0.15) is 0 Å². The molecule has 8 heteroatoms. The minimum Gasteiger partial charge on any atom is -0.385 e. The number of carbonyl (C=O) groups is 2. The fourth-order valence-corrected chi connectivity index (χ4v) is 5.44. The van der Waals surface area contributed by atoms with Gasteiger partial charge in [0.05, 0.1) is 13.1 Å².